The number of aliphatic hydroxyl groups excluding tert-OH is 1. The molecule has 4 heteroatoms. The number of hydrogen-bond acceptors (Lipinski definition) is 4. The van der Waals surface area contributed by atoms with Gasteiger partial charge in [-0.15, -0.1) is 0 Å². The molecule has 2 atom stereocenters. The Balaban J connectivity index is 1.70. The summed E-state index contributed by atoms with van der Waals surface area (Å²) in [5, 5.41) is 13.5. The van der Waals surface area contributed by atoms with Gasteiger partial charge in [-0.3, -0.25) is 9.80 Å². The maximum absolute atomic E-state index is 10.2. The van der Waals surface area contributed by atoms with Gasteiger partial charge in [0.1, 0.15) is 0 Å². The topological polar surface area (TPSA) is 38.7 Å². The van der Waals surface area contributed by atoms with Crippen molar-refractivity contribution in [2.24, 2.45) is 0 Å². The number of piperidine rings is 1. The third-order valence-corrected chi connectivity index (χ3v) is 4.06. The Hall–Kier alpha value is -0.160. The Labute approximate surface area is 105 Å². The Morgan fingerprint density at radius 2 is 1.94 bits per heavy atom. The molecule has 0 bridgehead atoms. The molecule has 0 spiro atoms. The highest BCUT2D eigenvalue weighted by molar-refractivity contribution is 4.78. The SMILES string of the molecule is CC1CCCCN1CC(O)CN1CCNCC1. The summed E-state index contributed by atoms with van der Waals surface area (Å²) in [4.78, 5) is 4.83. The molecule has 0 aromatic carbocycles. The van der Waals surface area contributed by atoms with Crippen molar-refractivity contribution >= 4 is 0 Å². The first-order valence-electron chi connectivity index (χ1n) is 7.11. The summed E-state index contributed by atoms with van der Waals surface area (Å²) < 4.78 is 0. The predicted molar refractivity (Wildman–Crippen MR) is 70.2 cm³/mol. The van der Waals surface area contributed by atoms with Gasteiger partial charge in [0, 0.05) is 45.3 Å². The number of piperazine rings is 1. The summed E-state index contributed by atoms with van der Waals surface area (Å²) in [5.74, 6) is 0. The molecule has 0 radical (unpaired) electrons. The summed E-state index contributed by atoms with van der Waals surface area (Å²) in [6.45, 7) is 9.42. The Bertz CT molecular complexity index is 219. The summed E-state index contributed by atoms with van der Waals surface area (Å²) in [6, 6.07) is 0.654. The van der Waals surface area contributed by atoms with Crippen molar-refractivity contribution in [1.82, 2.24) is 15.1 Å². The van der Waals surface area contributed by atoms with Gasteiger partial charge in [0.2, 0.25) is 0 Å². The van der Waals surface area contributed by atoms with E-state index < -0.39 is 0 Å². The number of hydrogen-bond donors (Lipinski definition) is 2. The normalized spacial score (nSPS) is 30.4. The van der Waals surface area contributed by atoms with E-state index in [-0.39, 0.29) is 6.10 Å². The molecule has 2 fully saturated rings. The molecule has 0 aromatic heterocycles. The zero-order chi connectivity index (χ0) is 12.1. The van der Waals surface area contributed by atoms with Crippen molar-refractivity contribution in [3.8, 4) is 0 Å². The lowest BCUT2D eigenvalue weighted by atomic mass is 10.0. The van der Waals surface area contributed by atoms with Crippen LogP contribution in [0.15, 0.2) is 0 Å². The molecule has 0 saturated carbocycles. The van der Waals surface area contributed by atoms with Crippen LogP contribution in [0.5, 0.6) is 0 Å². The molecule has 2 saturated heterocycles. The van der Waals surface area contributed by atoms with Gasteiger partial charge in [-0.25, -0.2) is 0 Å². The summed E-state index contributed by atoms with van der Waals surface area (Å²) >= 11 is 0. The molecule has 2 heterocycles. The lowest BCUT2D eigenvalue weighted by Gasteiger charge is -2.36. The first-order valence-corrected chi connectivity index (χ1v) is 7.11. The van der Waals surface area contributed by atoms with E-state index in [0.29, 0.717) is 6.04 Å². The maximum atomic E-state index is 10.2. The number of nitrogens with one attached hydrogen (secondary N) is 1. The molecule has 100 valence electrons. The summed E-state index contributed by atoms with van der Waals surface area (Å²) in [6.07, 6.45) is 3.75. The average molecular weight is 241 g/mol. The van der Waals surface area contributed by atoms with Crippen LogP contribution in [0.4, 0.5) is 0 Å². The van der Waals surface area contributed by atoms with Crippen LogP contribution in [0.2, 0.25) is 0 Å². The molecule has 0 aromatic rings. The van der Waals surface area contributed by atoms with Gasteiger partial charge in [0.05, 0.1) is 6.10 Å². The van der Waals surface area contributed by atoms with E-state index in [2.05, 4.69) is 22.0 Å². The number of nitrogens with zero attached hydrogens (tertiary/aromatic N) is 2. The average Bonchev–Trinajstić information content (AvgIpc) is 2.33. The van der Waals surface area contributed by atoms with Crippen LogP contribution in [0.3, 0.4) is 0 Å². The van der Waals surface area contributed by atoms with Crippen LogP contribution in [-0.4, -0.2) is 72.9 Å². The molecule has 2 rings (SSSR count). The van der Waals surface area contributed by atoms with Gasteiger partial charge in [-0.2, -0.15) is 0 Å². The molecule has 17 heavy (non-hydrogen) atoms. The fourth-order valence-corrected chi connectivity index (χ4v) is 2.95. The van der Waals surface area contributed by atoms with Gasteiger partial charge < -0.3 is 10.4 Å². The van der Waals surface area contributed by atoms with Crippen LogP contribution >= 0.6 is 0 Å². The second kappa shape index (κ2) is 6.69. The van der Waals surface area contributed by atoms with Gasteiger partial charge in [-0.1, -0.05) is 6.42 Å². The molecule has 2 unspecified atom stereocenters. The predicted octanol–water partition coefficient (Wildman–Crippen LogP) is 0.127. The minimum atomic E-state index is -0.186. The highest BCUT2D eigenvalue weighted by Crippen LogP contribution is 2.16. The molecular weight excluding hydrogens is 214 g/mol. The van der Waals surface area contributed by atoms with E-state index >= 15 is 0 Å². The fraction of sp³-hybridized carbons (Fsp3) is 1.00. The van der Waals surface area contributed by atoms with Crippen molar-refractivity contribution in [3.63, 3.8) is 0 Å². The van der Waals surface area contributed by atoms with E-state index in [1.54, 1.807) is 0 Å². The largest absolute Gasteiger partial charge is 0.390 e. The Kier molecular flexibility index (Phi) is 5.22. The molecule has 0 aliphatic carbocycles. The molecular formula is C13H27N3O. The third kappa shape index (κ3) is 4.21. The monoisotopic (exact) mass is 241 g/mol. The zero-order valence-corrected chi connectivity index (χ0v) is 11.1. The standard InChI is InChI=1S/C13H27N3O/c1-12-4-2-3-7-16(12)11-13(17)10-15-8-5-14-6-9-15/h12-14,17H,2-11H2,1H3. The number of aliphatic hydroxyl groups is 1. The molecule has 2 aliphatic heterocycles. The van der Waals surface area contributed by atoms with Crippen molar-refractivity contribution in [2.45, 2.75) is 38.3 Å². The van der Waals surface area contributed by atoms with Crippen molar-refractivity contribution < 1.29 is 5.11 Å². The van der Waals surface area contributed by atoms with Crippen LogP contribution in [0.1, 0.15) is 26.2 Å². The first-order chi connectivity index (χ1) is 8.25. The third-order valence-electron chi connectivity index (χ3n) is 4.06. The van der Waals surface area contributed by atoms with Crippen LogP contribution in [0, 0.1) is 0 Å². The van der Waals surface area contributed by atoms with E-state index in [0.717, 1.165) is 39.3 Å². The zero-order valence-electron chi connectivity index (χ0n) is 11.1. The highest BCUT2D eigenvalue weighted by Gasteiger charge is 2.22. The Morgan fingerprint density at radius 1 is 1.18 bits per heavy atom. The van der Waals surface area contributed by atoms with E-state index in [4.69, 9.17) is 0 Å². The van der Waals surface area contributed by atoms with Gasteiger partial charge in [0.25, 0.3) is 0 Å². The number of β-amino-alcohol motifs (C(OH)–C–C–N with tert-alkyl or cyclic N) is 1. The van der Waals surface area contributed by atoms with Gasteiger partial charge in [-0.05, 0) is 26.3 Å². The van der Waals surface area contributed by atoms with Crippen LogP contribution in [0.25, 0.3) is 0 Å². The number of rotatable bonds is 4. The molecule has 2 N–H and O–H groups in total. The van der Waals surface area contributed by atoms with Crippen LogP contribution in [-0.2, 0) is 0 Å². The second-order valence-corrected chi connectivity index (χ2v) is 5.54. The second-order valence-electron chi connectivity index (χ2n) is 5.54. The Morgan fingerprint density at radius 3 is 2.65 bits per heavy atom. The lowest BCUT2D eigenvalue weighted by molar-refractivity contribution is 0.0458. The smallest absolute Gasteiger partial charge is 0.0793 e. The van der Waals surface area contributed by atoms with E-state index in [1.807, 2.05) is 0 Å². The van der Waals surface area contributed by atoms with Gasteiger partial charge in [0.15, 0.2) is 0 Å². The van der Waals surface area contributed by atoms with Crippen molar-refractivity contribution in [3.05, 3.63) is 0 Å². The number of likely N-dealkylation sites (tertiary alicyclic amines) is 1. The highest BCUT2D eigenvalue weighted by atomic mass is 16.3. The van der Waals surface area contributed by atoms with Crippen LogP contribution < -0.4 is 5.32 Å². The van der Waals surface area contributed by atoms with E-state index in [1.165, 1.54) is 25.8 Å². The maximum Gasteiger partial charge on any atom is 0.0793 e. The first kappa shape index (κ1) is 13.3. The quantitative estimate of drug-likeness (QED) is 0.734. The summed E-state index contributed by atoms with van der Waals surface area (Å²) in [5.41, 5.74) is 0. The van der Waals surface area contributed by atoms with Crippen molar-refractivity contribution in [2.75, 3.05) is 45.8 Å². The molecule has 4 nitrogen and oxygen atoms in total. The minimum absolute atomic E-state index is 0.186. The molecule has 2 aliphatic rings. The van der Waals surface area contributed by atoms with Crippen molar-refractivity contribution in [1.29, 1.82) is 0 Å². The minimum Gasteiger partial charge on any atom is -0.390 e. The van der Waals surface area contributed by atoms with Gasteiger partial charge >= 0.3 is 0 Å². The fourth-order valence-electron chi connectivity index (χ4n) is 2.95. The molecule has 0 amide bonds. The summed E-state index contributed by atoms with van der Waals surface area (Å²) in [7, 11) is 0. The van der Waals surface area contributed by atoms with E-state index in [9.17, 15) is 5.11 Å². The lowest BCUT2D eigenvalue weighted by Crippen LogP contribution is -2.49.